The summed E-state index contributed by atoms with van der Waals surface area (Å²) in [5.41, 5.74) is 0. The van der Waals surface area contributed by atoms with E-state index >= 15 is 0 Å². The van der Waals surface area contributed by atoms with E-state index < -0.39 is 30.1 Å². The maximum absolute atomic E-state index is 10.9. The minimum Gasteiger partial charge on any atom is -0.481 e. The summed E-state index contributed by atoms with van der Waals surface area (Å²) in [5, 5.41) is 27.5. The molecular formula is C11H18O6. The van der Waals surface area contributed by atoms with Crippen LogP contribution in [0, 0.1) is 11.8 Å². The second kappa shape index (κ2) is 5.97. The summed E-state index contributed by atoms with van der Waals surface area (Å²) < 4.78 is 5.06. The summed E-state index contributed by atoms with van der Waals surface area (Å²) in [7, 11) is 0. The van der Waals surface area contributed by atoms with Crippen molar-refractivity contribution in [3.8, 4) is 0 Å². The zero-order valence-electron chi connectivity index (χ0n) is 9.70. The average Bonchev–Trinajstić information content (AvgIpc) is 2.45. The van der Waals surface area contributed by atoms with Crippen molar-refractivity contribution in [3.63, 3.8) is 0 Å². The largest absolute Gasteiger partial charge is 0.481 e. The van der Waals surface area contributed by atoms with Crippen LogP contribution >= 0.6 is 0 Å². The van der Waals surface area contributed by atoms with E-state index in [0.29, 0.717) is 6.42 Å². The molecule has 4 atom stereocenters. The molecule has 0 bridgehead atoms. The summed E-state index contributed by atoms with van der Waals surface area (Å²) in [5.74, 6) is -2.22. The van der Waals surface area contributed by atoms with Crippen LogP contribution < -0.4 is 0 Å². The molecule has 1 aliphatic carbocycles. The van der Waals surface area contributed by atoms with E-state index in [0.717, 1.165) is 0 Å². The van der Waals surface area contributed by atoms with E-state index in [9.17, 15) is 14.7 Å². The smallest absolute Gasteiger partial charge is 0.303 e. The Balaban J connectivity index is 2.74. The third-order valence-corrected chi connectivity index (χ3v) is 3.19. The van der Waals surface area contributed by atoms with Gasteiger partial charge in [-0.05, 0) is 6.42 Å². The Labute approximate surface area is 99.2 Å². The standard InChI is InChI=1S/C11H18O6/c1-6(13)17-10-5-9(14)8(4-11(15)16)7(10)2-3-12/h7-10,12,14H,2-5H2,1H3,(H,15,16). The van der Waals surface area contributed by atoms with E-state index in [1.807, 2.05) is 0 Å². The van der Waals surface area contributed by atoms with E-state index in [2.05, 4.69) is 0 Å². The van der Waals surface area contributed by atoms with Crippen LogP contribution in [0.1, 0.15) is 26.2 Å². The number of carboxylic acids is 1. The molecular weight excluding hydrogens is 228 g/mol. The average molecular weight is 246 g/mol. The molecule has 0 saturated heterocycles. The number of carbonyl (C=O) groups is 2. The number of aliphatic hydroxyl groups is 2. The third-order valence-electron chi connectivity index (χ3n) is 3.19. The molecule has 1 fully saturated rings. The lowest BCUT2D eigenvalue weighted by atomic mass is 9.88. The van der Waals surface area contributed by atoms with Crippen molar-refractivity contribution in [3.05, 3.63) is 0 Å². The highest BCUT2D eigenvalue weighted by Gasteiger charge is 2.44. The Morgan fingerprint density at radius 2 is 2.00 bits per heavy atom. The summed E-state index contributed by atoms with van der Waals surface area (Å²) in [6, 6.07) is 0. The molecule has 1 rings (SSSR count). The Morgan fingerprint density at radius 3 is 2.47 bits per heavy atom. The summed E-state index contributed by atoms with van der Waals surface area (Å²) in [4.78, 5) is 21.6. The van der Waals surface area contributed by atoms with Crippen LogP contribution in [0.5, 0.6) is 0 Å². The summed E-state index contributed by atoms with van der Waals surface area (Å²) >= 11 is 0. The summed E-state index contributed by atoms with van der Waals surface area (Å²) in [6.07, 6.45) is -0.912. The number of aliphatic carboxylic acids is 1. The molecule has 3 N–H and O–H groups in total. The van der Waals surface area contributed by atoms with Gasteiger partial charge < -0.3 is 20.1 Å². The lowest BCUT2D eigenvalue weighted by molar-refractivity contribution is -0.148. The summed E-state index contributed by atoms with van der Waals surface area (Å²) in [6.45, 7) is 1.15. The zero-order chi connectivity index (χ0) is 13.0. The van der Waals surface area contributed by atoms with Gasteiger partial charge in [0.05, 0.1) is 12.5 Å². The van der Waals surface area contributed by atoms with Crippen LogP contribution in [0.4, 0.5) is 0 Å². The predicted molar refractivity (Wildman–Crippen MR) is 57.1 cm³/mol. The molecule has 0 aliphatic heterocycles. The van der Waals surface area contributed by atoms with Gasteiger partial charge in [0.2, 0.25) is 0 Å². The first kappa shape index (κ1) is 13.9. The van der Waals surface area contributed by atoms with Crippen LogP contribution in [-0.2, 0) is 14.3 Å². The number of hydrogen-bond acceptors (Lipinski definition) is 5. The lowest BCUT2D eigenvalue weighted by Crippen LogP contribution is -2.27. The molecule has 0 heterocycles. The van der Waals surface area contributed by atoms with E-state index in [4.69, 9.17) is 14.9 Å². The van der Waals surface area contributed by atoms with Gasteiger partial charge in [0.15, 0.2) is 0 Å². The molecule has 0 aromatic carbocycles. The van der Waals surface area contributed by atoms with Gasteiger partial charge in [0.25, 0.3) is 0 Å². The van der Waals surface area contributed by atoms with Crippen molar-refractivity contribution in [2.45, 2.75) is 38.4 Å². The van der Waals surface area contributed by atoms with Crippen molar-refractivity contribution >= 4 is 11.9 Å². The maximum atomic E-state index is 10.9. The monoisotopic (exact) mass is 246 g/mol. The second-order valence-corrected chi connectivity index (χ2v) is 4.39. The van der Waals surface area contributed by atoms with Crippen LogP contribution in [0.25, 0.3) is 0 Å². The number of rotatable bonds is 5. The molecule has 98 valence electrons. The van der Waals surface area contributed by atoms with Crippen molar-refractivity contribution in [2.75, 3.05) is 6.61 Å². The molecule has 6 nitrogen and oxygen atoms in total. The van der Waals surface area contributed by atoms with Gasteiger partial charge in [-0.1, -0.05) is 0 Å². The first-order chi connectivity index (χ1) is 7.95. The van der Waals surface area contributed by atoms with E-state index in [1.165, 1.54) is 6.92 Å². The minimum atomic E-state index is -1.000. The van der Waals surface area contributed by atoms with Crippen LogP contribution in [0.15, 0.2) is 0 Å². The Bertz CT molecular complexity index is 290. The number of carboxylic acid groups (broad SMARTS) is 1. The normalized spacial score (nSPS) is 32.4. The molecule has 4 unspecified atom stereocenters. The fourth-order valence-electron chi connectivity index (χ4n) is 2.54. The van der Waals surface area contributed by atoms with Crippen molar-refractivity contribution in [1.82, 2.24) is 0 Å². The van der Waals surface area contributed by atoms with Crippen LogP contribution in [0.3, 0.4) is 0 Å². The first-order valence-electron chi connectivity index (χ1n) is 5.63. The van der Waals surface area contributed by atoms with E-state index in [1.54, 1.807) is 0 Å². The second-order valence-electron chi connectivity index (χ2n) is 4.39. The van der Waals surface area contributed by atoms with Gasteiger partial charge >= 0.3 is 11.9 Å². The Hall–Kier alpha value is -1.14. The lowest BCUT2D eigenvalue weighted by Gasteiger charge is -2.23. The molecule has 17 heavy (non-hydrogen) atoms. The fourth-order valence-corrected chi connectivity index (χ4v) is 2.54. The van der Waals surface area contributed by atoms with Gasteiger partial charge in [0, 0.05) is 31.8 Å². The molecule has 0 spiro atoms. The number of hydrogen-bond donors (Lipinski definition) is 3. The van der Waals surface area contributed by atoms with Gasteiger partial charge in [-0.3, -0.25) is 9.59 Å². The molecule has 0 radical (unpaired) electrons. The molecule has 6 heteroatoms. The molecule has 0 aromatic heterocycles. The van der Waals surface area contributed by atoms with Crippen LogP contribution in [0.2, 0.25) is 0 Å². The van der Waals surface area contributed by atoms with Gasteiger partial charge in [-0.25, -0.2) is 0 Å². The highest BCUT2D eigenvalue weighted by Crippen LogP contribution is 2.38. The van der Waals surface area contributed by atoms with Crippen molar-refractivity contribution in [1.29, 1.82) is 0 Å². The SMILES string of the molecule is CC(=O)OC1CC(O)C(CC(=O)O)C1CCO. The Kier molecular flexibility index (Phi) is 4.89. The maximum Gasteiger partial charge on any atom is 0.303 e. The van der Waals surface area contributed by atoms with E-state index in [-0.39, 0.29) is 25.4 Å². The number of aliphatic hydroxyl groups excluding tert-OH is 2. The highest BCUT2D eigenvalue weighted by atomic mass is 16.5. The Morgan fingerprint density at radius 1 is 1.35 bits per heavy atom. The molecule has 1 aliphatic rings. The van der Waals surface area contributed by atoms with Gasteiger partial charge in [0.1, 0.15) is 6.10 Å². The quantitative estimate of drug-likeness (QED) is 0.579. The third kappa shape index (κ3) is 3.67. The van der Waals surface area contributed by atoms with Gasteiger partial charge in [-0.15, -0.1) is 0 Å². The highest BCUT2D eigenvalue weighted by molar-refractivity contribution is 5.67. The van der Waals surface area contributed by atoms with Gasteiger partial charge in [-0.2, -0.15) is 0 Å². The molecule has 1 saturated carbocycles. The molecule has 0 amide bonds. The fraction of sp³-hybridized carbons (Fsp3) is 0.818. The number of carbonyl (C=O) groups excluding carboxylic acids is 1. The topological polar surface area (TPSA) is 104 Å². The van der Waals surface area contributed by atoms with Crippen molar-refractivity contribution in [2.24, 2.45) is 11.8 Å². The van der Waals surface area contributed by atoms with Crippen molar-refractivity contribution < 1.29 is 29.6 Å². The zero-order valence-corrected chi connectivity index (χ0v) is 9.70. The first-order valence-corrected chi connectivity index (χ1v) is 5.63. The number of esters is 1. The minimum absolute atomic E-state index is 0.120. The molecule has 0 aromatic rings. The number of ether oxygens (including phenoxy) is 1. The predicted octanol–water partition coefficient (Wildman–Crippen LogP) is -0.228. The van der Waals surface area contributed by atoms with Crippen LogP contribution in [-0.4, -0.2) is 46.1 Å².